The number of ether oxygens (including phenoxy) is 1. The van der Waals surface area contributed by atoms with Crippen molar-refractivity contribution >= 4 is 6.09 Å². The first-order valence-corrected chi connectivity index (χ1v) is 5.82. The zero-order chi connectivity index (χ0) is 12.8. The summed E-state index contributed by atoms with van der Waals surface area (Å²) in [6, 6.07) is 0. The summed E-state index contributed by atoms with van der Waals surface area (Å²) in [4.78, 5) is 11.3. The van der Waals surface area contributed by atoms with Crippen molar-refractivity contribution in [2.45, 2.75) is 46.6 Å². The van der Waals surface area contributed by atoms with E-state index >= 15 is 0 Å². The van der Waals surface area contributed by atoms with Gasteiger partial charge in [-0.3, -0.25) is 0 Å². The molecule has 0 spiro atoms. The Morgan fingerprint density at radius 2 is 1.94 bits per heavy atom. The first-order valence-electron chi connectivity index (χ1n) is 5.82. The molecule has 0 aliphatic rings. The molecule has 0 fully saturated rings. The van der Waals surface area contributed by atoms with Crippen LogP contribution in [0.15, 0.2) is 0 Å². The van der Waals surface area contributed by atoms with Crippen LogP contribution in [0.5, 0.6) is 0 Å². The van der Waals surface area contributed by atoms with E-state index in [0.29, 0.717) is 12.5 Å². The van der Waals surface area contributed by atoms with Gasteiger partial charge in [-0.15, -0.1) is 0 Å². The van der Waals surface area contributed by atoms with E-state index in [0.717, 1.165) is 6.42 Å². The van der Waals surface area contributed by atoms with Gasteiger partial charge in [0.05, 0.1) is 0 Å². The Kier molecular flexibility index (Phi) is 6.41. The maximum Gasteiger partial charge on any atom is 0.407 e. The van der Waals surface area contributed by atoms with Gasteiger partial charge in [-0.05, 0) is 39.0 Å². The number of carbonyl (C=O) groups excluding carboxylic acids is 1. The van der Waals surface area contributed by atoms with Gasteiger partial charge in [-0.1, -0.05) is 13.8 Å². The first kappa shape index (κ1) is 15.2. The second-order valence-electron chi connectivity index (χ2n) is 5.56. The van der Waals surface area contributed by atoms with Gasteiger partial charge in [0.15, 0.2) is 0 Å². The molecule has 0 aromatic heterocycles. The van der Waals surface area contributed by atoms with Crippen molar-refractivity contribution in [3.63, 3.8) is 0 Å². The number of aliphatic hydroxyl groups excluding tert-OH is 1. The van der Waals surface area contributed by atoms with Crippen LogP contribution in [-0.2, 0) is 4.74 Å². The van der Waals surface area contributed by atoms with Gasteiger partial charge in [-0.25, -0.2) is 4.79 Å². The summed E-state index contributed by atoms with van der Waals surface area (Å²) < 4.78 is 5.11. The Labute approximate surface area is 98.4 Å². The Balaban J connectivity index is 3.88. The van der Waals surface area contributed by atoms with Crippen LogP contribution in [0.1, 0.15) is 41.0 Å². The number of hydrogen-bond donors (Lipinski definition) is 2. The summed E-state index contributed by atoms with van der Waals surface area (Å²) in [5.41, 5.74) is -0.475. The van der Waals surface area contributed by atoms with E-state index in [1.807, 2.05) is 20.8 Å². The van der Waals surface area contributed by atoms with Gasteiger partial charge in [0.1, 0.15) is 5.60 Å². The molecule has 0 heterocycles. The summed E-state index contributed by atoms with van der Waals surface area (Å²) in [6.45, 7) is 10.2. The van der Waals surface area contributed by atoms with Crippen LogP contribution in [0.4, 0.5) is 4.79 Å². The van der Waals surface area contributed by atoms with E-state index in [-0.39, 0.29) is 12.5 Å². The average molecular weight is 231 g/mol. The van der Waals surface area contributed by atoms with E-state index in [1.165, 1.54) is 0 Å². The van der Waals surface area contributed by atoms with Crippen LogP contribution in [-0.4, -0.2) is 30.0 Å². The highest BCUT2D eigenvalue weighted by atomic mass is 16.6. The van der Waals surface area contributed by atoms with Gasteiger partial charge in [0.2, 0.25) is 0 Å². The SMILES string of the molecule is CC(C)C[C@@H](CO)CNC(=O)OC(C)(C)C. The molecule has 0 rings (SSSR count). The topological polar surface area (TPSA) is 58.6 Å². The summed E-state index contributed by atoms with van der Waals surface area (Å²) in [6.07, 6.45) is 0.474. The van der Waals surface area contributed by atoms with Crippen LogP contribution in [0.2, 0.25) is 0 Å². The number of aliphatic hydroxyl groups is 1. The molecule has 0 unspecified atom stereocenters. The van der Waals surface area contributed by atoms with Gasteiger partial charge in [0.25, 0.3) is 0 Å². The number of hydrogen-bond acceptors (Lipinski definition) is 3. The lowest BCUT2D eigenvalue weighted by Crippen LogP contribution is -2.36. The molecule has 4 nitrogen and oxygen atoms in total. The number of carbonyl (C=O) groups is 1. The molecule has 0 aromatic rings. The molecular formula is C12H25NO3. The van der Waals surface area contributed by atoms with Crippen LogP contribution in [0.3, 0.4) is 0 Å². The number of amides is 1. The number of rotatable bonds is 5. The molecule has 0 bridgehead atoms. The van der Waals surface area contributed by atoms with E-state index in [2.05, 4.69) is 19.2 Å². The second kappa shape index (κ2) is 6.74. The smallest absolute Gasteiger partial charge is 0.407 e. The highest BCUT2D eigenvalue weighted by Crippen LogP contribution is 2.11. The minimum absolute atomic E-state index is 0.0912. The van der Waals surface area contributed by atoms with E-state index < -0.39 is 11.7 Å². The van der Waals surface area contributed by atoms with Crippen molar-refractivity contribution < 1.29 is 14.6 Å². The largest absolute Gasteiger partial charge is 0.444 e. The molecule has 16 heavy (non-hydrogen) atoms. The molecule has 0 radical (unpaired) electrons. The number of nitrogens with one attached hydrogen (secondary N) is 1. The zero-order valence-corrected chi connectivity index (χ0v) is 11.0. The predicted molar refractivity (Wildman–Crippen MR) is 64.3 cm³/mol. The third-order valence-corrected chi connectivity index (χ3v) is 2.00. The van der Waals surface area contributed by atoms with E-state index in [4.69, 9.17) is 9.84 Å². The fourth-order valence-electron chi connectivity index (χ4n) is 1.43. The predicted octanol–water partition coefficient (Wildman–Crippen LogP) is 2.17. The highest BCUT2D eigenvalue weighted by Gasteiger charge is 2.17. The third-order valence-electron chi connectivity index (χ3n) is 2.00. The van der Waals surface area contributed by atoms with Gasteiger partial charge in [0, 0.05) is 13.2 Å². The maximum atomic E-state index is 11.3. The maximum absolute atomic E-state index is 11.3. The second-order valence-corrected chi connectivity index (χ2v) is 5.56. The molecule has 96 valence electrons. The number of alkyl carbamates (subject to hydrolysis) is 1. The molecule has 1 atom stereocenters. The Bertz CT molecular complexity index is 209. The fourth-order valence-corrected chi connectivity index (χ4v) is 1.43. The molecule has 0 aliphatic heterocycles. The van der Waals surface area contributed by atoms with Crippen LogP contribution in [0.25, 0.3) is 0 Å². The summed E-state index contributed by atoms with van der Waals surface area (Å²) in [5.74, 6) is 0.616. The lowest BCUT2D eigenvalue weighted by Gasteiger charge is -2.21. The van der Waals surface area contributed by atoms with Crippen molar-refractivity contribution in [2.24, 2.45) is 11.8 Å². The molecule has 2 N–H and O–H groups in total. The van der Waals surface area contributed by atoms with E-state index in [1.54, 1.807) is 0 Å². The van der Waals surface area contributed by atoms with Crippen LogP contribution < -0.4 is 5.32 Å². The fraction of sp³-hybridized carbons (Fsp3) is 0.917. The minimum atomic E-state index is -0.475. The molecular weight excluding hydrogens is 206 g/mol. The van der Waals surface area contributed by atoms with Crippen molar-refractivity contribution in [1.29, 1.82) is 0 Å². The lowest BCUT2D eigenvalue weighted by atomic mass is 9.98. The van der Waals surface area contributed by atoms with E-state index in [9.17, 15) is 4.79 Å². The lowest BCUT2D eigenvalue weighted by molar-refractivity contribution is 0.0509. The molecule has 0 aromatic carbocycles. The molecule has 4 heteroatoms. The summed E-state index contributed by atoms with van der Waals surface area (Å²) in [7, 11) is 0. The quantitative estimate of drug-likeness (QED) is 0.762. The molecule has 1 amide bonds. The van der Waals surface area contributed by atoms with Crippen molar-refractivity contribution in [3.05, 3.63) is 0 Å². The summed E-state index contributed by atoms with van der Waals surface area (Å²) >= 11 is 0. The highest BCUT2D eigenvalue weighted by molar-refractivity contribution is 5.67. The Morgan fingerprint density at radius 3 is 2.31 bits per heavy atom. The monoisotopic (exact) mass is 231 g/mol. The standard InChI is InChI=1S/C12H25NO3/c1-9(2)6-10(8-14)7-13-11(15)16-12(3,4)5/h9-10,14H,6-8H2,1-5H3,(H,13,15)/t10-/m1/s1. The third kappa shape index (κ3) is 8.53. The van der Waals surface area contributed by atoms with Crippen molar-refractivity contribution in [3.8, 4) is 0 Å². The van der Waals surface area contributed by atoms with Gasteiger partial charge < -0.3 is 15.2 Å². The Morgan fingerprint density at radius 1 is 1.38 bits per heavy atom. The minimum Gasteiger partial charge on any atom is -0.444 e. The van der Waals surface area contributed by atoms with Gasteiger partial charge in [-0.2, -0.15) is 0 Å². The molecule has 0 saturated carbocycles. The zero-order valence-electron chi connectivity index (χ0n) is 11.0. The normalized spacial score (nSPS) is 13.7. The van der Waals surface area contributed by atoms with Crippen LogP contribution >= 0.6 is 0 Å². The van der Waals surface area contributed by atoms with Crippen LogP contribution in [0, 0.1) is 11.8 Å². The molecule has 0 aliphatic carbocycles. The van der Waals surface area contributed by atoms with Gasteiger partial charge >= 0.3 is 6.09 Å². The average Bonchev–Trinajstić information content (AvgIpc) is 2.08. The van der Waals surface area contributed by atoms with Crippen molar-refractivity contribution in [1.82, 2.24) is 5.32 Å². The Hall–Kier alpha value is -0.770. The summed E-state index contributed by atoms with van der Waals surface area (Å²) in [5, 5.41) is 11.8. The molecule has 0 saturated heterocycles. The van der Waals surface area contributed by atoms with Crippen molar-refractivity contribution in [2.75, 3.05) is 13.2 Å². The first-order chi connectivity index (χ1) is 7.24.